The molecule has 0 spiro atoms. The summed E-state index contributed by atoms with van der Waals surface area (Å²) < 4.78 is 16.2. The van der Waals surface area contributed by atoms with E-state index in [9.17, 15) is 4.79 Å². The van der Waals surface area contributed by atoms with Crippen LogP contribution in [0, 0.1) is 0 Å². The van der Waals surface area contributed by atoms with Crippen molar-refractivity contribution in [3.63, 3.8) is 0 Å². The number of hydrogen-bond acceptors (Lipinski definition) is 4. The lowest BCUT2D eigenvalue weighted by atomic mass is 10.2. The van der Waals surface area contributed by atoms with E-state index >= 15 is 0 Å². The summed E-state index contributed by atoms with van der Waals surface area (Å²) in [4.78, 5) is 12.4. The molecule has 0 aromatic heterocycles. The van der Waals surface area contributed by atoms with Crippen molar-refractivity contribution in [3.05, 3.63) is 48.0 Å². The second-order valence-electron chi connectivity index (χ2n) is 4.71. The van der Waals surface area contributed by atoms with Crippen molar-refractivity contribution >= 4 is 11.6 Å². The molecule has 5 heteroatoms. The van der Waals surface area contributed by atoms with Gasteiger partial charge in [0.1, 0.15) is 17.2 Å². The molecule has 0 aliphatic heterocycles. The largest absolute Gasteiger partial charge is 0.497 e. The van der Waals surface area contributed by atoms with Gasteiger partial charge in [-0.15, -0.1) is 0 Å². The summed E-state index contributed by atoms with van der Waals surface area (Å²) in [5.41, 5.74) is 1.08. The first-order chi connectivity index (χ1) is 11.2. The van der Waals surface area contributed by atoms with E-state index in [-0.39, 0.29) is 5.91 Å². The fourth-order valence-corrected chi connectivity index (χ4v) is 2.10. The molecule has 2 aromatic rings. The fraction of sp³-hybridized carbons (Fsp3) is 0.278. The maximum absolute atomic E-state index is 12.4. The zero-order chi connectivity index (χ0) is 16.7. The summed E-state index contributed by atoms with van der Waals surface area (Å²) in [6.07, 6.45) is 0. The third-order valence-corrected chi connectivity index (χ3v) is 3.14. The Morgan fingerprint density at radius 2 is 1.78 bits per heavy atom. The first-order valence-corrected chi connectivity index (χ1v) is 7.53. The van der Waals surface area contributed by atoms with Crippen LogP contribution in [-0.2, 0) is 0 Å². The third kappa shape index (κ3) is 4.39. The monoisotopic (exact) mass is 315 g/mol. The van der Waals surface area contributed by atoms with Gasteiger partial charge in [0.25, 0.3) is 5.91 Å². The molecule has 1 amide bonds. The molecule has 0 heterocycles. The normalized spacial score (nSPS) is 10.0. The van der Waals surface area contributed by atoms with E-state index in [1.165, 1.54) is 0 Å². The molecule has 0 aliphatic carbocycles. The van der Waals surface area contributed by atoms with Crippen LogP contribution in [0.15, 0.2) is 42.5 Å². The zero-order valence-electron chi connectivity index (χ0n) is 13.6. The number of benzene rings is 2. The molecule has 5 nitrogen and oxygen atoms in total. The summed E-state index contributed by atoms with van der Waals surface area (Å²) in [7, 11) is 1.57. The first kappa shape index (κ1) is 16.7. The molecule has 0 saturated carbocycles. The summed E-state index contributed by atoms with van der Waals surface area (Å²) >= 11 is 0. The van der Waals surface area contributed by atoms with Crippen LogP contribution in [0.3, 0.4) is 0 Å². The average Bonchev–Trinajstić information content (AvgIpc) is 2.57. The highest BCUT2D eigenvalue weighted by Crippen LogP contribution is 2.30. The maximum atomic E-state index is 12.4. The molecule has 0 unspecified atom stereocenters. The first-order valence-electron chi connectivity index (χ1n) is 7.53. The van der Waals surface area contributed by atoms with E-state index < -0.39 is 0 Å². The number of hydrogen-bond donors (Lipinski definition) is 1. The van der Waals surface area contributed by atoms with Crippen LogP contribution in [0.2, 0.25) is 0 Å². The van der Waals surface area contributed by atoms with E-state index in [1.54, 1.807) is 43.5 Å². The van der Waals surface area contributed by atoms with E-state index in [2.05, 4.69) is 5.32 Å². The molecule has 0 bridgehead atoms. The lowest BCUT2D eigenvalue weighted by Gasteiger charge is -2.14. The van der Waals surface area contributed by atoms with Gasteiger partial charge in [0.2, 0.25) is 0 Å². The fourth-order valence-electron chi connectivity index (χ4n) is 2.10. The van der Waals surface area contributed by atoms with Gasteiger partial charge in [-0.25, -0.2) is 0 Å². The Labute approximate surface area is 136 Å². The minimum absolute atomic E-state index is 0.237. The highest BCUT2D eigenvalue weighted by Gasteiger charge is 2.12. The molecule has 1 N–H and O–H groups in total. The lowest BCUT2D eigenvalue weighted by molar-refractivity contribution is 0.102. The van der Waals surface area contributed by atoms with Crippen molar-refractivity contribution < 1.29 is 19.0 Å². The standard InChI is InChI=1S/C18H21NO4/c1-4-22-15-9-10-17(23-5-2)16(12-15)19-18(20)13-7-6-8-14(11-13)21-3/h6-12H,4-5H2,1-3H3,(H,19,20). The van der Waals surface area contributed by atoms with Crippen molar-refractivity contribution in [1.29, 1.82) is 0 Å². The Morgan fingerprint density at radius 3 is 2.48 bits per heavy atom. The number of carbonyl (C=O) groups excluding carboxylic acids is 1. The molecule has 0 atom stereocenters. The number of methoxy groups -OCH3 is 1. The molecule has 0 fully saturated rings. The SMILES string of the molecule is CCOc1ccc(OCC)c(NC(=O)c2cccc(OC)c2)c1. The third-order valence-electron chi connectivity index (χ3n) is 3.14. The Morgan fingerprint density at radius 1 is 1.00 bits per heavy atom. The minimum atomic E-state index is -0.237. The predicted molar refractivity (Wildman–Crippen MR) is 89.7 cm³/mol. The summed E-state index contributed by atoms with van der Waals surface area (Å²) in [6.45, 7) is 4.86. The average molecular weight is 315 g/mol. The summed E-state index contributed by atoms with van der Waals surface area (Å²) in [5.74, 6) is 1.67. The maximum Gasteiger partial charge on any atom is 0.255 e. The number of amides is 1. The molecule has 2 rings (SSSR count). The minimum Gasteiger partial charge on any atom is -0.497 e. The number of anilines is 1. The van der Waals surface area contributed by atoms with Gasteiger partial charge in [-0.2, -0.15) is 0 Å². The summed E-state index contributed by atoms with van der Waals surface area (Å²) in [6, 6.07) is 12.3. The predicted octanol–water partition coefficient (Wildman–Crippen LogP) is 3.74. The Hall–Kier alpha value is -2.69. The van der Waals surface area contributed by atoms with Crippen LogP contribution in [0.25, 0.3) is 0 Å². The molecule has 0 radical (unpaired) electrons. The molecular weight excluding hydrogens is 294 g/mol. The highest BCUT2D eigenvalue weighted by molar-refractivity contribution is 6.05. The van der Waals surface area contributed by atoms with Gasteiger partial charge in [0.05, 0.1) is 26.0 Å². The van der Waals surface area contributed by atoms with Crippen molar-refractivity contribution in [2.24, 2.45) is 0 Å². The van der Waals surface area contributed by atoms with Gasteiger partial charge < -0.3 is 19.5 Å². The van der Waals surface area contributed by atoms with Crippen LogP contribution >= 0.6 is 0 Å². The van der Waals surface area contributed by atoms with Crippen LogP contribution in [0.1, 0.15) is 24.2 Å². The number of nitrogens with one attached hydrogen (secondary N) is 1. The van der Waals surface area contributed by atoms with E-state index in [0.717, 1.165) is 0 Å². The van der Waals surface area contributed by atoms with Crippen LogP contribution < -0.4 is 19.5 Å². The van der Waals surface area contributed by atoms with Gasteiger partial charge in [0.15, 0.2) is 0 Å². The van der Waals surface area contributed by atoms with Crippen molar-refractivity contribution in [2.45, 2.75) is 13.8 Å². The topological polar surface area (TPSA) is 56.8 Å². The molecular formula is C18H21NO4. The van der Waals surface area contributed by atoms with Gasteiger partial charge in [0, 0.05) is 11.6 Å². The Bertz CT molecular complexity index is 670. The number of rotatable bonds is 7. The zero-order valence-corrected chi connectivity index (χ0v) is 13.6. The van der Waals surface area contributed by atoms with Gasteiger partial charge in [-0.05, 0) is 44.2 Å². The van der Waals surface area contributed by atoms with Crippen LogP contribution in [-0.4, -0.2) is 26.2 Å². The molecule has 23 heavy (non-hydrogen) atoms. The van der Waals surface area contributed by atoms with Crippen LogP contribution in [0.4, 0.5) is 5.69 Å². The van der Waals surface area contributed by atoms with Crippen molar-refractivity contribution in [3.8, 4) is 17.2 Å². The van der Waals surface area contributed by atoms with Gasteiger partial charge in [-0.3, -0.25) is 4.79 Å². The van der Waals surface area contributed by atoms with Crippen molar-refractivity contribution in [2.75, 3.05) is 25.6 Å². The Balaban J connectivity index is 2.25. The number of carbonyl (C=O) groups is 1. The van der Waals surface area contributed by atoms with Crippen LogP contribution in [0.5, 0.6) is 17.2 Å². The molecule has 122 valence electrons. The smallest absolute Gasteiger partial charge is 0.255 e. The summed E-state index contributed by atoms with van der Waals surface area (Å²) in [5, 5.41) is 2.86. The van der Waals surface area contributed by atoms with E-state index in [1.807, 2.05) is 19.9 Å². The number of ether oxygens (including phenoxy) is 3. The van der Waals surface area contributed by atoms with E-state index in [4.69, 9.17) is 14.2 Å². The molecule has 0 saturated heterocycles. The van der Waals surface area contributed by atoms with E-state index in [0.29, 0.717) is 41.7 Å². The lowest BCUT2D eigenvalue weighted by Crippen LogP contribution is -2.13. The quantitative estimate of drug-likeness (QED) is 0.845. The highest BCUT2D eigenvalue weighted by atomic mass is 16.5. The van der Waals surface area contributed by atoms with Gasteiger partial charge in [-0.1, -0.05) is 6.07 Å². The van der Waals surface area contributed by atoms with Crippen molar-refractivity contribution in [1.82, 2.24) is 0 Å². The second-order valence-corrected chi connectivity index (χ2v) is 4.71. The Kier molecular flexibility index (Phi) is 5.86. The molecule has 2 aromatic carbocycles. The van der Waals surface area contributed by atoms with Gasteiger partial charge >= 0.3 is 0 Å². The molecule has 0 aliphatic rings. The second kappa shape index (κ2) is 8.08.